The fraction of sp³-hybridized carbons (Fsp3) is 0.556. The van der Waals surface area contributed by atoms with Crippen molar-refractivity contribution >= 4 is 0 Å². The summed E-state index contributed by atoms with van der Waals surface area (Å²) in [5.41, 5.74) is 7.92. The highest BCUT2D eigenvalue weighted by molar-refractivity contribution is 5.41. The summed E-state index contributed by atoms with van der Waals surface area (Å²) in [6.07, 6.45) is 8.25. The molecule has 2 N–H and O–H groups in total. The van der Waals surface area contributed by atoms with E-state index in [1.807, 2.05) is 0 Å². The molecule has 0 radical (unpaired) electrons. The summed E-state index contributed by atoms with van der Waals surface area (Å²) < 4.78 is 0. The molecule has 0 spiro atoms. The second-order valence-corrected chi connectivity index (χ2v) is 5.72. The van der Waals surface area contributed by atoms with Crippen molar-refractivity contribution in [3.8, 4) is 11.8 Å². The van der Waals surface area contributed by atoms with Crippen LogP contribution in [0.5, 0.6) is 0 Å². The van der Waals surface area contributed by atoms with Gasteiger partial charge >= 0.3 is 0 Å². The Balaban J connectivity index is 2.04. The Morgan fingerprint density at radius 1 is 1.15 bits per heavy atom. The van der Waals surface area contributed by atoms with Crippen LogP contribution in [0.4, 0.5) is 0 Å². The van der Waals surface area contributed by atoms with Gasteiger partial charge in [-0.25, -0.2) is 0 Å². The Hall–Kier alpha value is -1.30. The minimum Gasteiger partial charge on any atom is -0.320 e. The van der Waals surface area contributed by atoms with Crippen LogP contribution >= 0.6 is 0 Å². The van der Waals surface area contributed by atoms with E-state index in [2.05, 4.69) is 48.1 Å². The van der Waals surface area contributed by atoms with E-state index in [1.54, 1.807) is 0 Å². The average molecular weight is 270 g/mol. The molecule has 0 amide bonds. The molecular weight excluding hydrogens is 244 g/mol. The second kappa shape index (κ2) is 8.09. The molecule has 0 saturated heterocycles. The Kier molecular flexibility index (Phi) is 6.11. The van der Waals surface area contributed by atoms with Gasteiger partial charge in [-0.3, -0.25) is 4.90 Å². The van der Waals surface area contributed by atoms with Crippen LogP contribution in [0.1, 0.15) is 49.7 Å². The number of hydrogen-bond donors (Lipinski definition) is 1. The largest absolute Gasteiger partial charge is 0.320 e. The van der Waals surface area contributed by atoms with Gasteiger partial charge in [-0.1, -0.05) is 55.7 Å². The van der Waals surface area contributed by atoms with Crippen LogP contribution in [-0.2, 0) is 6.54 Å². The van der Waals surface area contributed by atoms with Crippen molar-refractivity contribution in [2.45, 2.75) is 51.1 Å². The lowest BCUT2D eigenvalue weighted by atomic mass is 10.0. The zero-order valence-electron chi connectivity index (χ0n) is 12.6. The average Bonchev–Trinajstić information content (AvgIpc) is 2.75. The van der Waals surface area contributed by atoms with Gasteiger partial charge in [-0.15, -0.1) is 0 Å². The third kappa shape index (κ3) is 4.37. The first-order valence-electron chi connectivity index (χ1n) is 7.78. The number of hydrogen-bond acceptors (Lipinski definition) is 2. The fourth-order valence-electron chi connectivity index (χ4n) is 3.02. The normalized spacial score (nSPS) is 16.6. The Labute approximate surface area is 123 Å². The molecule has 0 aliphatic heterocycles. The van der Waals surface area contributed by atoms with E-state index in [9.17, 15) is 0 Å². The molecule has 1 aromatic carbocycles. The summed E-state index contributed by atoms with van der Waals surface area (Å²) in [5, 5.41) is 0. The van der Waals surface area contributed by atoms with E-state index in [4.69, 9.17) is 5.73 Å². The Morgan fingerprint density at radius 2 is 1.85 bits per heavy atom. The summed E-state index contributed by atoms with van der Waals surface area (Å²) >= 11 is 0. The monoisotopic (exact) mass is 270 g/mol. The zero-order valence-corrected chi connectivity index (χ0v) is 12.6. The first-order chi connectivity index (χ1) is 9.81. The molecule has 1 aliphatic rings. The van der Waals surface area contributed by atoms with Crippen molar-refractivity contribution in [1.29, 1.82) is 0 Å². The summed E-state index contributed by atoms with van der Waals surface area (Å²) in [5.74, 6) is 6.16. The molecule has 0 unspecified atom stereocenters. The van der Waals surface area contributed by atoms with E-state index < -0.39 is 0 Å². The summed E-state index contributed by atoms with van der Waals surface area (Å²) in [7, 11) is 2.25. The molecule has 2 heteroatoms. The van der Waals surface area contributed by atoms with E-state index in [1.165, 1.54) is 44.1 Å². The predicted octanol–water partition coefficient (Wildman–Crippen LogP) is 3.15. The predicted molar refractivity (Wildman–Crippen MR) is 85.3 cm³/mol. The zero-order chi connectivity index (χ0) is 14.2. The third-order valence-electron chi connectivity index (χ3n) is 4.21. The smallest absolute Gasteiger partial charge is 0.0555 e. The van der Waals surface area contributed by atoms with Crippen LogP contribution in [0.25, 0.3) is 0 Å². The Bertz CT molecular complexity index is 462. The van der Waals surface area contributed by atoms with E-state index in [-0.39, 0.29) is 0 Å². The van der Waals surface area contributed by atoms with Gasteiger partial charge in [0.25, 0.3) is 0 Å². The minimum absolute atomic E-state index is 0.423. The lowest BCUT2D eigenvalue weighted by Gasteiger charge is -2.27. The maximum Gasteiger partial charge on any atom is 0.0555 e. The van der Waals surface area contributed by atoms with Crippen molar-refractivity contribution in [3.63, 3.8) is 0 Å². The molecule has 1 saturated carbocycles. The lowest BCUT2D eigenvalue weighted by molar-refractivity contribution is 0.213. The summed E-state index contributed by atoms with van der Waals surface area (Å²) in [6, 6.07) is 9.17. The number of nitrogens with zero attached hydrogens (tertiary/aromatic N) is 1. The summed E-state index contributed by atoms with van der Waals surface area (Å²) in [6.45, 7) is 1.41. The van der Waals surface area contributed by atoms with Crippen LogP contribution in [0.3, 0.4) is 0 Å². The fourth-order valence-corrected chi connectivity index (χ4v) is 3.02. The maximum atomic E-state index is 5.48. The van der Waals surface area contributed by atoms with Gasteiger partial charge in [-0.2, -0.15) is 0 Å². The number of rotatable bonds is 3. The van der Waals surface area contributed by atoms with Crippen molar-refractivity contribution in [3.05, 3.63) is 35.4 Å². The van der Waals surface area contributed by atoms with Crippen LogP contribution in [-0.4, -0.2) is 24.5 Å². The van der Waals surface area contributed by atoms with Gasteiger partial charge in [0, 0.05) is 18.2 Å². The van der Waals surface area contributed by atoms with Crippen LogP contribution < -0.4 is 5.73 Å². The van der Waals surface area contributed by atoms with Gasteiger partial charge in [0.05, 0.1) is 6.54 Å². The first kappa shape index (κ1) is 15.1. The lowest BCUT2D eigenvalue weighted by Crippen LogP contribution is -2.30. The van der Waals surface area contributed by atoms with E-state index in [0.29, 0.717) is 6.54 Å². The van der Waals surface area contributed by atoms with Crippen molar-refractivity contribution < 1.29 is 0 Å². The minimum atomic E-state index is 0.423. The molecule has 2 rings (SSSR count). The number of nitrogens with two attached hydrogens (primary N) is 1. The molecule has 0 bridgehead atoms. The Morgan fingerprint density at radius 3 is 2.55 bits per heavy atom. The molecule has 20 heavy (non-hydrogen) atoms. The van der Waals surface area contributed by atoms with Gasteiger partial charge < -0.3 is 5.73 Å². The molecule has 1 fully saturated rings. The van der Waals surface area contributed by atoms with Gasteiger partial charge in [0.15, 0.2) is 0 Å². The molecule has 1 aliphatic carbocycles. The van der Waals surface area contributed by atoms with Gasteiger partial charge in [0.2, 0.25) is 0 Å². The molecule has 2 nitrogen and oxygen atoms in total. The van der Waals surface area contributed by atoms with Crippen LogP contribution in [0.15, 0.2) is 24.3 Å². The van der Waals surface area contributed by atoms with E-state index >= 15 is 0 Å². The highest BCUT2D eigenvalue weighted by Gasteiger charge is 2.17. The van der Waals surface area contributed by atoms with Gasteiger partial charge in [0.1, 0.15) is 0 Å². The first-order valence-corrected chi connectivity index (χ1v) is 7.78. The molecule has 108 valence electrons. The molecule has 1 aromatic rings. The van der Waals surface area contributed by atoms with Crippen LogP contribution in [0, 0.1) is 11.8 Å². The quantitative estimate of drug-likeness (QED) is 0.675. The highest BCUT2D eigenvalue weighted by atomic mass is 15.1. The van der Waals surface area contributed by atoms with Gasteiger partial charge in [-0.05, 0) is 31.5 Å². The molecular formula is C18H26N2. The van der Waals surface area contributed by atoms with Crippen molar-refractivity contribution in [1.82, 2.24) is 4.90 Å². The second-order valence-electron chi connectivity index (χ2n) is 5.72. The highest BCUT2D eigenvalue weighted by Crippen LogP contribution is 2.22. The standard InChI is InChI=1S/C18H26N2/c1-20(18-12-4-2-3-5-13-18)15-17-10-7-6-9-16(17)11-8-14-19/h6-7,9-10,18H,2-5,12-15,19H2,1H3. The van der Waals surface area contributed by atoms with Crippen LogP contribution in [0.2, 0.25) is 0 Å². The SMILES string of the molecule is CN(Cc1ccccc1C#CCN)C1CCCCCC1. The van der Waals surface area contributed by atoms with Crippen molar-refractivity contribution in [2.24, 2.45) is 5.73 Å². The molecule has 0 heterocycles. The summed E-state index contributed by atoms with van der Waals surface area (Å²) in [4.78, 5) is 2.51. The number of benzene rings is 1. The molecule has 0 atom stereocenters. The topological polar surface area (TPSA) is 29.3 Å². The van der Waals surface area contributed by atoms with Crippen molar-refractivity contribution in [2.75, 3.05) is 13.6 Å². The van der Waals surface area contributed by atoms with E-state index in [0.717, 1.165) is 18.2 Å². The third-order valence-corrected chi connectivity index (χ3v) is 4.21. The maximum absolute atomic E-state index is 5.48. The molecule has 0 aromatic heterocycles.